The van der Waals surface area contributed by atoms with Gasteiger partial charge in [0.05, 0.1) is 0 Å². The molecule has 0 fully saturated rings. The number of anilines is 1. The van der Waals surface area contributed by atoms with Crippen LogP contribution in [-0.2, 0) is 0 Å². The van der Waals surface area contributed by atoms with Gasteiger partial charge in [-0.1, -0.05) is 19.9 Å². The Kier molecular flexibility index (Phi) is 3.74. The molecule has 1 aromatic heterocycles. The molecule has 1 rings (SSSR count). The quantitative estimate of drug-likeness (QED) is 0.766. The van der Waals surface area contributed by atoms with Gasteiger partial charge in [0.15, 0.2) is 0 Å². The van der Waals surface area contributed by atoms with Gasteiger partial charge in [0.1, 0.15) is 5.82 Å². The van der Waals surface area contributed by atoms with Crippen LogP contribution < -0.4 is 5.32 Å². The molecule has 2 nitrogen and oxygen atoms in total. The molecule has 0 saturated heterocycles. The third-order valence-electron chi connectivity index (χ3n) is 2.25. The van der Waals surface area contributed by atoms with E-state index in [2.05, 4.69) is 43.2 Å². The lowest BCUT2D eigenvalue weighted by Crippen LogP contribution is -2.02. The van der Waals surface area contributed by atoms with E-state index in [1.54, 1.807) is 0 Å². The molecule has 1 heterocycles. The Bertz CT molecular complexity index is 258. The second-order valence-corrected chi connectivity index (χ2v) is 3.29. The lowest BCUT2D eigenvalue weighted by atomic mass is 10.0. The van der Waals surface area contributed by atoms with Crippen LogP contribution in [0.5, 0.6) is 0 Å². The van der Waals surface area contributed by atoms with Crippen LogP contribution in [-0.4, -0.2) is 11.5 Å². The molecule has 0 amide bonds. The first kappa shape index (κ1) is 10.0. The molecule has 0 aliphatic rings. The molecule has 0 aliphatic carbocycles. The maximum absolute atomic E-state index is 4.52. The lowest BCUT2D eigenvalue weighted by Gasteiger charge is -2.09. The molecule has 1 aromatic rings. The summed E-state index contributed by atoms with van der Waals surface area (Å²) in [7, 11) is 0. The molecular weight excluding hydrogens is 160 g/mol. The van der Waals surface area contributed by atoms with Gasteiger partial charge >= 0.3 is 0 Å². The predicted molar refractivity (Wildman–Crippen MR) is 57.1 cm³/mol. The van der Waals surface area contributed by atoms with Gasteiger partial charge in [-0.25, -0.2) is 4.98 Å². The summed E-state index contributed by atoms with van der Waals surface area (Å²) in [5.74, 6) is 1.54. The molecule has 0 spiro atoms. The third-order valence-corrected chi connectivity index (χ3v) is 2.25. The molecule has 0 aromatic carbocycles. The topological polar surface area (TPSA) is 24.9 Å². The largest absolute Gasteiger partial charge is 0.370 e. The van der Waals surface area contributed by atoms with E-state index in [0.29, 0.717) is 5.92 Å². The van der Waals surface area contributed by atoms with E-state index in [1.807, 2.05) is 6.07 Å². The van der Waals surface area contributed by atoms with Crippen molar-refractivity contribution < 1.29 is 0 Å². The minimum absolute atomic E-state index is 0.554. The van der Waals surface area contributed by atoms with Gasteiger partial charge in [-0.2, -0.15) is 0 Å². The van der Waals surface area contributed by atoms with Gasteiger partial charge in [-0.15, -0.1) is 0 Å². The number of pyridine rings is 1. The minimum Gasteiger partial charge on any atom is -0.370 e. The van der Waals surface area contributed by atoms with Crippen LogP contribution in [0.4, 0.5) is 5.82 Å². The number of rotatable bonds is 4. The van der Waals surface area contributed by atoms with Crippen LogP contribution in [0.2, 0.25) is 0 Å². The molecule has 13 heavy (non-hydrogen) atoms. The zero-order valence-corrected chi connectivity index (χ0v) is 8.67. The van der Waals surface area contributed by atoms with Crippen LogP contribution in [0.15, 0.2) is 18.2 Å². The molecule has 0 aliphatic heterocycles. The molecule has 1 atom stereocenters. The molecule has 72 valence electrons. The summed E-state index contributed by atoms with van der Waals surface area (Å²) in [5, 5.41) is 3.22. The van der Waals surface area contributed by atoms with Crippen molar-refractivity contribution >= 4 is 5.82 Å². The summed E-state index contributed by atoms with van der Waals surface area (Å²) in [6, 6.07) is 6.16. The third kappa shape index (κ3) is 2.72. The molecule has 1 unspecified atom stereocenters. The molecule has 1 N–H and O–H groups in total. The zero-order valence-electron chi connectivity index (χ0n) is 8.67. The fourth-order valence-corrected chi connectivity index (χ4v) is 1.21. The molecule has 2 heteroatoms. The number of nitrogens with one attached hydrogen (secondary N) is 1. The summed E-state index contributed by atoms with van der Waals surface area (Å²) in [5.41, 5.74) is 1.18. The average molecular weight is 178 g/mol. The second-order valence-electron chi connectivity index (χ2n) is 3.29. The van der Waals surface area contributed by atoms with E-state index in [9.17, 15) is 0 Å². The van der Waals surface area contributed by atoms with Gasteiger partial charge < -0.3 is 5.32 Å². The average Bonchev–Trinajstić information content (AvgIpc) is 2.18. The molecule has 0 radical (unpaired) electrons. The van der Waals surface area contributed by atoms with E-state index in [-0.39, 0.29) is 0 Å². The maximum Gasteiger partial charge on any atom is 0.126 e. The van der Waals surface area contributed by atoms with E-state index >= 15 is 0 Å². The Balaban J connectivity index is 2.78. The first-order valence-corrected chi connectivity index (χ1v) is 4.98. The van der Waals surface area contributed by atoms with E-state index in [4.69, 9.17) is 0 Å². The summed E-state index contributed by atoms with van der Waals surface area (Å²) >= 11 is 0. The number of hydrogen-bond donors (Lipinski definition) is 1. The SMILES string of the molecule is CCNc1cccc(C(C)CC)n1. The minimum atomic E-state index is 0.554. The zero-order chi connectivity index (χ0) is 9.68. The van der Waals surface area contributed by atoms with Gasteiger partial charge in [0.2, 0.25) is 0 Å². The molecule has 0 bridgehead atoms. The normalized spacial score (nSPS) is 12.5. The number of nitrogens with zero attached hydrogens (tertiary/aromatic N) is 1. The summed E-state index contributed by atoms with van der Waals surface area (Å²) in [4.78, 5) is 4.52. The van der Waals surface area contributed by atoms with Crippen molar-refractivity contribution in [1.29, 1.82) is 0 Å². The van der Waals surface area contributed by atoms with Crippen LogP contribution in [0.1, 0.15) is 38.8 Å². The maximum atomic E-state index is 4.52. The van der Waals surface area contributed by atoms with Crippen molar-refractivity contribution in [2.75, 3.05) is 11.9 Å². The Morgan fingerprint density at radius 2 is 2.15 bits per heavy atom. The van der Waals surface area contributed by atoms with E-state index < -0.39 is 0 Å². The highest BCUT2D eigenvalue weighted by Gasteiger charge is 2.04. The highest BCUT2D eigenvalue weighted by Crippen LogP contribution is 2.17. The van der Waals surface area contributed by atoms with Crippen molar-refractivity contribution in [2.45, 2.75) is 33.1 Å². The fraction of sp³-hybridized carbons (Fsp3) is 0.545. The predicted octanol–water partition coefficient (Wildman–Crippen LogP) is 3.03. The van der Waals surface area contributed by atoms with Crippen LogP contribution >= 0.6 is 0 Å². The van der Waals surface area contributed by atoms with E-state index in [1.165, 1.54) is 5.69 Å². The Labute approximate surface area is 80.4 Å². The van der Waals surface area contributed by atoms with E-state index in [0.717, 1.165) is 18.8 Å². The number of hydrogen-bond acceptors (Lipinski definition) is 2. The highest BCUT2D eigenvalue weighted by atomic mass is 15.0. The second kappa shape index (κ2) is 4.85. The number of aromatic nitrogens is 1. The van der Waals surface area contributed by atoms with Crippen molar-refractivity contribution in [3.8, 4) is 0 Å². The Morgan fingerprint density at radius 1 is 1.38 bits per heavy atom. The first-order chi connectivity index (χ1) is 6.27. The first-order valence-electron chi connectivity index (χ1n) is 4.98. The molecule has 0 saturated carbocycles. The smallest absolute Gasteiger partial charge is 0.126 e. The van der Waals surface area contributed by atoms with Crippen LogP contribution in [0.3, 0.4) is 0 Å². The Hall–Kier alpha value is -1.05. The van der Waals surface area contributed by atoms with Crippen LogP contribution in [0, 0.1) is 0 Å². The van der Waals surface area contributed by atoms with Gasteiger partial charge in [0.25, 0.3) is 0 Å². The highest BCUT2D eigenvalue weighted by molar-refractivity contribution is 5.35. The Morgan fingerprint density at radius 3 is 2.77 bits per heavy atom. The van der Waals surface area contributed by atoms with Crippen molar-refractivity contribution in [3.63, 3.8) is 0 Å². The van der Waals surface area contributed by atoms with Crippen molar-refractivity contribution in [3.05, 3.63) is 23.9 Å². The van der Waals surface area contributed by atoms with Crippen LogP contribution in [0.25, 0.3) is 0 Å². The summed E-state index contributed by atoms with van der Waals surface area (Å²) in [6.07, 6.45) is 1.14. The summed E-state index contributed by atoms with van der Waals surface area (Å²) in [6.45, 7) is 7.40. The lowest BCUT2D eigenvalue weighted by molar-refractivity contribution is 0.709. The standard InChI is InChI=1S/C11H18N2/c1-4-9(3)10-7-6-8-11(13-10)12-5-2/h6-9H,4-5H2,1-3H3,(H,12,13). The van der Waals surface area contributed by atoms with Gasteiger partial charge in [0, 0.05) is 12.2 Å². The van der Waals surface area contributed by atoms with Crippen molar-refractivity contribution in [2.24, 2.45) is 0 Å². The summed E-state index contributed by atoms with van der Waals surface area (Å²) < 4.78 is 0. The van der Waals surface area contributed by atoms with Gasteiger partial charge in [-0.05, 0) is 31.4 Å². The fourth-order valence-electron chi connectivity index (χ4n) is 1.21. The molecular formula is C11H18N2. The van der Waals surface area contributed by atoms with Crippen molar-refractivity contribution in [1.82, 2.24) is 4.98 Å². The monoisotopic (exact) mass is 178 g/mol. The van der Waals surface area contributed by atoms with Gasteiger partial charge in [-0.3, -0.25) is 0 Å².